The molecule has 3 aromatic carbocycles. The zero-order chi connectivity index (χ0) is 24.6. The fraction of sp³-hybridized carbons (Fsp3) is 0.125. The van der Waals surface area contributed by atoms with Crippen LogP contribution in [-0.4, -0.2) is 44.8 Å². The van der Waals surface area contributed by atoms with Crippen molar-refractivity contribution in [2.24, 2.45) is 5.10 Å². The Hall–Kier alpha value is -4.18. The second-order valence-corrected chi connectivity index (χ2v) is 8.83. The number of anilines is 1. The first-order chi connectivity index (χ1) is 16.3. The van der Waals surface area contributed by atoms with Gasteiger partial charge in [0.1, 0.15) is 12.3 Å². The van der Waals surface area contributed by atoms with E-state index in [1.54, 1.807) is 42.5 Å². The third kappa shape index (κ3) is 6.20. The molecule has 0 bridgehead atoms. The number of sulfonamides is 1. The van der Waals surface area contributed by atoms with Gasteiger partial charge in [-0.05, 0) is 61.0 Å². The minimum Gasteiger partial charge on any atom is -0.494 e. The summed E-state index contributed by atoms with van der Waals surface area (Å²) in [6, 6.07) is 20.1. The predicted octanol–water partition coefficient (Wildman–Crippen LogP) is 3.13. The van der Waals surface area contributed by atoms with Crippen LogP contribution in [0.3, 0.4) is 0 Å². The summed E-state index contributed by atoms with van der Waals surface area (Å²) in [5, 5.41) is 12.8. The van der Waals surface area contributed by atoms with Crippen LogP contribution in [0, 0.1) is 0 Å². The Labute approximate surface area is 197 Å². The van der Waals surface area contributed by atoms with E-state index in [2.05, 4.69) is 10.5 Å². The van der Waals surface area contributed by atoms with E-state index in [1.807, 2.05) is 6.92 Å². The molecule has 0 saturated carbocycles. The number of carbonyl (C=O) groups is 2. The molecule has 0 radical (unpaired) electrons. The molecule has 0 aromatic heterocycles. The van der Waals surface area contributed by atoms with Crippen LogP contribution in [0.4, 0.5) is 5.69 Å². The lowest BCUT2D eigenvalue weighted by molar-refractivity contribution is -0.119. The first-order valence-electron chi connectivity index (χ1n) is 10.3. The van der Waals surface area contributed by atoms with E-state index in [1.165, 1.54) is 42.6 Å². The Bertz CT molecular complexity index is 1260. The Morgan fingerprint density at radius 1 is 1.00 bits per heavy atom. The predicted molar refractivity (Wildman–Crippen MR) is 128 cm³/mol. The van der Waals surface area contributed by atoms with Crippen molar-refractivity contribution in [3.8, 4) is 5.75 Å². The van der Waals surface area contributed by atoms with E-state index in [4.69, 9.17) is 9.84 Å². The summed E-state index contributed by atoms with van der Waals surface area (Å²) in [7, 11) is -4.06. The van der Waals surface area contributed by atoms with E-state index in [0.717, 1.165) is 4.31 Å². The number of para-hydroxylation sites is 1. The molecule has 3 rings (SSSR count). The van der Waals surface area contributed by atoms with Gasteiger partial charge in [0.25, 0.3) is 15.9 Å². The maximum absolute atomic E-state index is 13.3. The van der Waals surface area contributed by atoms with Gasteiger partial charge in [0.05, 0.1) is 29.0 Å². The standard InChI is InChI=1S/C24H23N3O6S/c1-2-33-21-12-14-22(15-13-21)34(31,32)27(20-6-4-3-5-7-20)17-23(28)26-25-16-18-8-10-19(11-9-18)24(29)30/h3-16H,2,17H2,1H3,(H,26,28)(H,29,30)/b25-16-. The Kier molecular flexibility index (Phi) is 7.99. The molecule has 10 heteroatoms. The molecule has 1 amide bonds. The fourth-order valence-electron chi connectivity index (χ4n) is 2.97. The normalized spacial score (nSPS) is 11.2. The molecule has 176 valence electrons. The molecule has 0 fully saturated rings. The molecule has 0 atom stereocenters. The summed E-state index contributed by atoms with van der Waals surface area (Å²) >= 11 is 0. The number of nitrogens with zero attached hydrogens (tertiary/aromatic N) is 2. The Morgan fingerprint density at radius 2 is 1.65 bits per heavy atom. The molecule has 3 aromatic rings. The lowest BCUT2D eigenvalue weighted by Crippen LogP contribution is -2.39. The van der Waals surface area contributed by atoms with Crippen molar-refractivity contribution in [3.63, 3.8) is 0 Å². The number of rotatable bonds is 10. The topological polar surface area (TPSA) is 125 Å². The fourth-order valence-corrected chi connectivity index (χ4v) is 4.39. The first kappa shape index (κ1) is 24.5. The number of carboxylic acid groups (broad SMARTS) is 1. The van der Waals surface area contributed by atoms with Crippen LogP contribution in [0.5, 0.6) is 5.75 Å². The third-order valence-electron chi connectivity index (χ3n) is 4.61. The van der Waals surface area contributed by atoms with Crippen LogP contribution in [0.1, 0.15) is 22.8 Å². The van der Waals surface area contributed by atoms with Gasteiger partial charge < -0.3 is 9.84 Å². The molecule has 0 aliphatic heterocycles. The molecule has 34 heavy (non-hydrogen) atoms. The van der Waals surface area contributed by atoms with Gasteiger partial charge >= 0.3 is 5.97 Å². The van der Waals surface area contributed by atoms with E-state index in [9.17, 15) is 18.0 Å². The molecule has 0 aliphatic carbocycles. The number of benzene rings is 3. The number of hydrazone groups is 1. The maximum atomic E-state index is 13.3. The number of hydrogen-bond acceptors (Lipinski definition) is 6. The quantitative estimate of drug-likeness (QED) is 0.339. The molecule has 9 nitrogen and oxygen atoms in total. The highest BCUT2D eigenvalue weighted by molar-refractivity contribution is 7.92. The second kappa shape index (κ2) is 11.1. The van der Waals surface area contributed by atoms with E-state index >= 15 is 0 Å². The average Bonchev–Trinajstić information content (AvgIpc) is 2.84. The van der Waals surface area contributed by atoms with Crippen LogP contribution < -0.4 is 14.5 Å². The number of ether oxygens (including phenoxy) is 1. The van der Waals surface area contributed by atoms with Crippen molar-refractivity contribution in [2.45, 2.75) is 11.8 Å². The highest BCUT2D eigenvalue weighted by atomic mass is 32.2. The summed E-state index contributed by atoms with van der Waals surface area (Å²) in [6.07, 6.45) is 1.33. The maximum Gasteiger partial charge on any atom is 0.335 e. The molecule has 0 spiro atoms. The van der Waals surface area contributed by atoms with Crippen LogP contribution >= 0.6 is 0 Å². The first-order valence-corrected chi connectivity index (χ1v) is 11.7. The summed E-state index contributed by atoms with van der Waals surface area (Å²) in [5.41, 5.74) is 3.31. The number of carbonyl (C=O) groups excluding carboxylic acids is 1. The highest BCUT2D eigenvalue weighted by Gasteiger charge is 2.27. The smallest absolute Gasteiger partial charge is 0.335 e. The van der Waals surface area contributed by atoms with Gasteiger partial charge in [0.2, 0.25) is 0 Å². The van der Waals surface area contributed by atoms with Gasteiger partial charge in [-0.1, -0.05) is 30.3 Å². The van der Waals surface area contributed by atoms with Crippen molar-refractivity contribution < 1.29 is 27.9 Å². The summed E-state index contributed by atoms with van der Waals surface area (Å²) in [4.78, 5) is 23.5. The van der Waals surface area contributed by atoms with Crippen molar-refractivity contribution >= 4 is 33.8 Å². The highest BCUT2D eigenvalue weighted by Crippen LogP contribution is 2.25. The van der Waals surface area contributed by atoms with Crippen molar-refractivity contribution in [3.05, 3.63) is 90.0 Å². The van der Waals surface area contributed by atoms with E-state index in [-0.39, 0.29) is 10.5 Å². The number of carboxylic acids is 1. The van der Waals surface area contributed by atoms with Gasteiger partial charge in [-0.2, -0.15) is 5.10 Å². The molecule has 2 N–H and O–H groups in total. The number of hydrogen-bond donors (Lipinski definition) is 2. The Morgan fingerprint density at radius 3 is 2.24 bits per heavy atom. The number of nitrogens with one attached hydrogen (secondary N) is 1. The molecular formula is C24H23N3O6S. The Balaban J connectivity index is 1.77. The van der Waals surface area contributed by atoms with E-state index in [0.29, 0.717) is 23.6 Å². The summed E-state index contributed by atoms with van der Waals surface area (Å²) in [5.74, 6) is -1.17. The third-order valence-corrected chi connectivity index (χ3v) is 6.40. The number of aromatic carboxylic acids is 1. The molecule has 0 heterocycles. The zero-order valence-electron chi connectivity index (χ0n) is 18.3. The van der Waals surface area contributed by atoms with Crippen LogP contribution in [0.25, 0.3) is 0 Å². The molecule has 0 aliphatic rings. The van der Waals surface area contributed by atoms with Crippen molar-refractivity contribution in [1.29, 1.82) is 0 Å². The zero-order valence-corrected chi connectivity index (χ0v) is 19.1. The SMILES string of the molecule is CCOc1ccc(S(=O)(=O)N(CC(=O)N/N=C\c2ccc(C(=O)O)cc2)c2ccccc2)cc1. The minimum atomic E-state index is -4.06. The van der Waals surface area contributed by atoms with Crippen molar-refractivity contribution in [1.82, 2.24) is 5.43 Å². The molecule has 0 saturated heterocycles. The van der Waals surface area contributed by atoms with Crippen molar-refractivity contribution in [2.75, 3.05) is 17.5 Å². The van der Waals surface area contributed by atoms with Gasteiger partial charge in [0.15, 0.2) is 0 Å². The molecule has 0 unspecified atom stereocenters. The van der Waals surface area contributed by atoms with Crippen LogP contribution in [0.15, 0.2) is 88.9 Å². The second-order valence-electron chi connectivity index (χ2n) is 6.97. The monoisotopic (exact) mass is 481 g/mol. The lowest BCUT2D eigenvalue weighted by atomic mass is 10.1. The van der Waals surface area contributed by atoms with Gasteiger partial charge in [-0.3, -0.25) is 9.10 Å². The largest absolute Gasteiger partial charge is 0.494 e. The lowest BCUT2D eigenvalue weighted by Gasteiger charge is -2.23. The average molecular weight is 482 g/mol. The van der Waals surface area contributed by atoms with Crippen LogP contribution in [0.2, 0.25) is 0 Å². The van der Waals surface area contributed by atoms with Gasteiger partial charge in [-0.15, -0.1) is 0 Å². The van der Waals surface area contributed by atoms with Crippen LogP contribution in [-0.2, 0) is 14.8 Å². The summed E-state index contributed by atoms with van der Waals surface area (Å²) in [6.45, 7) is 1.77. The minimum absolute atomic E-state index is 0.00891. The molecular weight excluding hydrogens is 458 g/mol. The summed E-state index contributed by atoms with van der Waals surface area (Å²) < 4.78 is 33.0. The number of amides is 1. The van der Waals surface area contributed by atoms with Gasteiger partial charge in [0, 0.05) is 0 Å². The van der Waals surface area contributed by atoms with E-state index < -0.39 is 28.4 Å². The van der Waals surface area contributed by atoms with Gasteiger partial charge in [-0.25, -0.2) is 18.6 Å².